The zero-order valence-corrected chi connectivity index (χ0v) is 12.1. The second kappa shape index (κ2) is 8.60. The van der Waals surface area contributed by atoms with Gasteiger partial charge in [-0.1, -0.05) is 44.9 Å². The lowest BCUT2D eigenvalue weighted by molar-refractivity contribution is 0.483. The van der Waals surface area contributed by atoms with Gasteiger partial charge in [-0.15, -0.1) is 11.8 Å². The van der Waals surface area contributed by atoms with Crippen molar-refractivity contribution in [2.45, 2.75) is 44.0 Å². The molecule has 0 saturated heterocycles. The van der Waals surface area contributed by atoms with E-state index in [2.05, 4.69) is 56.5 Å². The SMILES string of the molecule is CNC(CCCC(C)C)CSc1ccccc1. The van der Waals surface area contributed by atoms with Crippen molar-refractivity contribution >= 4 is 11.8 Å². The van der Waals surface area contributed by atoms with Crippen LogP contribution in [-0.2, 0) is 0 Å². The molecule has 0 bridgehead atoms. The van der Waals surface area contributed by atoms with Gasteiger partial charge in [-0.3, -0.25) is 0 Å². The number of thioether (sulfide) groups is 1. The number of benzene rings is 1. The quantitative estimate of drug-likeness (QED) is 0.695. The highest BCUT2D eigenvalue weighted by Crippen LogP contribution is 2.19. The normalized spacial score (nSPS) is 12.9. The Morgan fingerprint density at radius 3 is 2.41 bits per heavy atom. The highest BCUT2D eigenvalue weighted by atomic mass is 32.2. The van der Waals surface area contributed by atoms with E-state index >= 15 is 0 Å². The van der Waals surface area contributed by atoms with Crippen molar-refractivity contribution in [1.29, 1.82) is 0 Å². The molecule has 1 atom stereocenters. The third-order valence-corrected chi connectivity index (χ3v) is 4.11. The molecule has 1 aromatic rings. The van der Waals surface area contributed by atoms with Crippen molar-refractivity contribution < 1.29 is 0 Å². The molecule has 1 unspecified atom stereocenters. The minimum atomic E-state index is 0.638. The maximum Gasteiger partial charge on any atom is 0.0158 e. The predicted molar refractivity (Wildman–Crippen MR) is 78.7 cm³/mol. The molecule has 0 aromatic heterocycles. The first kappa shape index (κ1) is 14.6. The van der Waals surface area contributed by atoms with Crippen LogP contribution in [0.4, 0.5) is 0 Å². The number of hydrogen-bond acceptors (Lipinski definition) is 2. The monoisotopic (exact) mass is 251 g/mol. The van der Waals surface area contributed by atoms with Crippen LogP contribution < -0.4 is 5.32 Å². The lowest BCUT2D eigenvalue weighted by Crippen LogP contribution is -2.27. The van der Waals surface area contributed by atoms with Gasteiger partial charge in [0.2, 0.25) is 0 Å². The second-order valence-electron chi connectivity index (χ2n) is 4.93. The molecular formula is C15H25NS. The van der Waals surface area contributed by atoms with Gasteiger partial charge < -0.3 is 5.32 Å². The summed E-state index contributed by atoms with van der Waals surface area (Å²) in [6, 6.07) is 11.3. The fraction of sp³-hybridized carbons (Fsp3) is 0.600. The maximum absolute atomic E-state index is 3.43. The molecule has 1 aromatic carbocycles. The molecule has 2 heteroatoms. The molecule has 0 heterocycles. The van der Waals surface area contributed by atoms with Crippen molar-refractivity contribution in [2.75, 3.05) is 12.8 Å². The zero-order chi connectivity index (χ0) is 12.5. The average molecular weight is 251 g/mol. The van der Waals surface area contributed by atoms with Crippen molar-refractivity contribution in [3.63, 3.8) is 0 Å². The van der Waals surface area contributed by atoms with Crippen molar-refractivity contribution in [2.24, 2.45) is 5.92 Å². The smallest absolute Gasteiger partial charge is 0.0158 e. The minimum absolute atomic E-state index is 0.638. The van der Waals surface area contributed by atoms with Crippen molar-refractivity contribution in [1.82, 2.24) is 5.32 Å². The van der Waals surface area contributed by atoms with Crippen LogP contribution in [0.3, 0.4) is 0 Å². The van der Waals surface area contributed by atoms with Gasteiger partial charge in [0.15, 0.2) is 0 Å². The van der Waals surface area contributed by atoms with Gasteiger partial charge in [0.25, 0.3) is 0 Å². The fourth-order valence-corrected chi connectivity index (χ4v) is 2.87. The Balaban J connectivity index is 2.23. The van der Waals surface area contributed by atoms with E-state index in [1.807, 2.05) is 11.8 Å². The summed E-state index contributed by atoms with van der Waals surface area (Å²) in [6.45, 7) is 4.60. The van der Waals surface area contributed by atoms with Crippen LogP contribution in [0, 0.1) is 5.92 Å². The molecule has 0 amide bonds. The van der Waals surface area contributed by atoms with Crippen LogP contribution in [0.25, 0.3) is 0 Å². The summed E-state index contributed by atoms with van der Waals surface area (Å²) in [5, 5.41) is 3.43. The molecule has 0 radical (unpaired) electrons. The molecule has 1 rings (SSSR count). The molecule has 0 spiro atoms. The highest BCUT2D eigenvalue weighted by Gasteiger charge is 2.07. The molecule has 1 nitrogen and oxygen atoms in total. The first-order valence-electron chi connectivity index (χ1n) is 6.57. The molecule has 17 heavy (non-hydrogen) atoms. The summed E-state index contributed by atoms with van der Waals surface area (Å²) >= 11 is 1.95. The Morgan fingerprint density at radius 1 is 1.12 bits per heavy atom. The lowest BCUT2D eigenvalue weighted by atomic mass is 10.0. The van der Waals surface area contributed by atoms with E-state index in [-0.39, 0.29) is 0 Å². The molecular weight excluding hydrogens is 226 g/mol. The third-order valence-electron chi connectivity index (χ3n) is 2.94. The lowest BCUT2D eigenvalue weighted by Gasteiger charge is -2.16. The summed E-state index contributed by atoms with van der Waals surface area (Å²) in [5.74, 6) is 1.99. The molecule has 0 aliphatic heterocycles. The van der Waals surface area contributed by atoms with Crippen LogP contribution in [0.15, 0.2) is 35.2 Å². The van der Waals surface area contributed by atoms with Gasteiger partial charge >= 0.3 is 0 Å². The van der Waals surface area contributed by atoms with E-state index in [9.17, 15) is 0 Å². The van der Waals surface area contributed by atoms with Gasteiger partial charge in [0.1, 0.15) is 0 Å². The molecule has 0 aliphatic carbocycles. The first-order valence-corrected chi connectivity index (χ1v) is 7.56. The van der Waals surface area contributed by atoms with E-state index in [1.54, 1.807) is 0 Å². The Bertz CT molecular complexity index is 284. The Hall–Kier alpha value is -0.470. The van der Waals surface area contributed by atoms with Gasteiger partial charge in [-0.2, -0.15) is 0 Å². The largest absolute Gasteiger partial charge is 0.316 e. The molecule has 0 aliphatic rings. The first-order chi connectivity index (χ1) is 8.22. The van der Waals surface area contributed by atoms with Gasteiger partial charge in [0, 0.05) is 16.7 Å². The summed E-state index contributed by atoms with van der Waals surface area (Å²) < 4.78 is 0. The predicted octanol–water partition coefficient (Wildman–Crippen LogP) is 4.19. The van der Waals surface area contributed by atoms with Crippen LogP contribution in [-0.4, -0.2) is 18.8 Å². The van der Waals surface area contributed by atoms with Crippen molar-refractivity contribution in [3.8, 4) is 0 Å². The van der Waals surface area contributed by atoms with Gasteiger partial charge in [-0.05, 0) is 31.5 Å². The minimum Gasteiger partial charge on any atom is -0.316 e. The summed E-state index contributed by atoms with van der Waals surface area (Å²) in [6.07, 6.45) is 3.96. The second-order valence-corrected chi connectivity index (χ2v) is 6.03. The standard InChI is InChI=1S/C15H25NS/c1-13(2)8-7-9-14(16-3)12-17-15-10-5-4-6-11-15/h4-6,10-11,13-14,16H,7-9,12H2,1-3H3. The molecule has 0 fully saturated rings. The van der Waals surface area contributed by atoms with Crippen molar-refractivity contribution in [3.05, 3.63) is 30.3 Å². The van der Waals surface area contributed by atoms with Crippen LogP contribution >= 0.6 is 11.8 Å². The Labute approximate surface area is 110 Å². The van der Waals surface area contributed by atoms with E-state index in [0.717, 1.165) is 5.92 Å². The third kappa shape index (κ3) is 6.75. The molecule has 0 saturated carbocycles. The summed E-state index contributed by atoms with van der Waals surface area (Å²) in [5.41, 5.74) is 0. The number of hydrogen-bond donors (Lipinski definition) is 1. The Kier molecular flexibility index (Phi) is 7.38. The van der Waals surface area contributed by atoms with E-state index in [1.165, 1.54) is 29.9 Å². The van der Waals surface area contributed by atoms with Crippen LogP contribution in [0.2, 0.25) is 0 Å². The van der Waals surface area contributed by atoms with Crippen LogP contribution in [0.5, 0.6) is 0 Å². The van der Waals surface area contributed by atoms with Gasteiger partial charge in [-0.25, -0.2) is 0 Å². The highest BCUT2D eigenvalue weighted by molar-refractivity contribution is 7.99. The average Bonchev–Trinajstić information content (AvgIpc) is 2.34. The molecule has 1 N–H and O–H groups in total. The van der Waals surface area contributed by atoms with Gasteiger partial charge in [0.05, 0.1) is 0 Å². The fourth-order valence-electron chi connectivity index (χ4n) is 1.80. The van der Waals surface area contributed by atoms with E-state index in [0.29, 0.717) is 6.04 Å². The number of nitrogens with one attached hydrogen (secondary N) is 1. The van der Waals surface area contributed by atoms with Crippen LogP contribution in [0.1, 0.15) is 33.1 Å². The zero-order valence-electron chi connectivity index (χ0n) is 11.3. The summed E-state index contributed by atoms with van der Waals surface area (Å²) in [7, 11) is 2.07. The maximum atomic E-state index is 3.43. The molecule has 96 valence electrons. The topological polar surface area (TPSA) is 12.0 Å². The summed E-state index contributed by atoms with van der Waals surface area (Å²) in [4.78, 5) is 1.37. The Morgan fingerprint density at radius 2 is 1.82 bits per heavy atom. The van der Waals surface area contributed by atoms with E-state index < -0.39 is 0 Å². The number of rotatable bonds is 8. The van der Waals surface area contributed by atoms with E-state index in [4.69, 9.17) is 0 Å².